The second kappa shape index (κ2) is 18.3. The minimum atomic E-state index is -0.682. The molecule has 0 saturated carbocycles. The van der Waals surface area contributed by atoms with Crippen LogP contribution in [-0.2, 0) is 4.79 Å². The zero-order valence-electron chi connectivity index (χ0n) is 11.2. The second-order valence-electron chi connectivity index (χ2n) is 1.85. The summed E-state index contributed by atoms with van der Waals surface area (Å²) in [7, 11) is 0. The first kappa shape index (κ1) is 23.4. The first-order chi connectivity index (χ1) is 3.77. The molecule has 0 amide bonds. The van der Waals surface area contributed by atoms with Gasteiger partial charge in [-0.15, -0.1) is 0 Å². The van der Waals surface area contributed by atoms with Crippen LogP contribution < -0.4 is 88.7 Å². The monoisotopic (exact) mass is 188 g/mol. The molecule has 0 saturated heterocycles. The molecule has 0 fully saturated rings. The van der Waals surface area contributed by atoms with Crippen LogP contribution in [0, 0.1) is 0 Å². The van der Waals surface area contributed by atoms with Crippen LogP contribution in [0.4, 0.5) is 0 Å². The van der Waals surface area contributed by atoms with Gasteiger partial charge in [-0.05, 0) is 6.42 Å². The number of carboxylic acids is 1. The predicted molar refractivity (Wildman–Crippen MR) is 35.1 cm³/mol. The molecule has 0 radical (unpaired) electrons. The maximum atomic E-state index is 9.87. The van der Waals surface area contributed by atoms with E-state index in [4.69, 9.17) is 5.11 Å². The van der Waals surface area contributed by atoms with Gasteiger partial charge in [0.25, 0.3) is 0 Å². The van der Waals surface area contributed by atoms with Gasteiger partial charge in [-0.2, -0.15) is 0 Å². The molecule has 1 N–H and O–H groups in total. The summed E-state index contributed by atoms with van der Waals surface area (Å²) in [4.78, 5) is 9.87. The van der Waals surface area contributed by atoms with E-state index in [0.717, 1.165) is 19.3 Å². The van der Waals surface area contributed by atoms with E-state index >= 15 is 0 Å². The third kappa shape index (κ3) is 24.5. The molecule has 0 bridgehead atoms. The van der Waals surface area contributed by atoms with E-state index < -0.39 is 5.97 Å². The fraction of sp³-hybridized carbons (Fsp3) is 0.833. The summed E-state index contributed by atoms with van der Waals surface area (Å²) < 4.78 is 0. The Hall–Kier alpha value is 2.47. The van der Waals surface area contributed by atoms with Crippen molar-refractivity contribution < 1.29 is 103 Å². The van der Waals surface area contributed by atoms with E-state index in [1.165, 1.54) is 0 Å². The molecular formula is C6H15Na3O2. The molecule has 0 aromatic carbocycles. The van der Waals surface area contributed by atoms with E-state index in [-0.39, 0.29) is 93.0 Å². The summed E-state index contributed by atoms with van der Waals surface area (Å²) in [5.74, 6) is -0.682. The van der Waals surface area contributed by atoms with Gasteiger partial charge in [0.15, 0.2) is 0 Å². The number of hydrogen-bond acceptors (Lipinski definition) is 1. The molecule has 5 heteroatoms. The van der Waals surface area contributed by atoms with Crippen molar-refractivity contribution in [3.05, 3.63) is 0 Å². The molecule has 2 nitrogen and oxygen atoms in total. The zero-order valence-corrected chi connectivity index (χ0v) is 14.2. The SMILES string of the molecule is CCCCCC(=O)O.[H-].[H-].[H-].[Na+].[Na+].[Na+]. The van der Waals surface area contributed by atoms with Crippen molar-refractivity contribution >= 4 is 5.97 Å². The first-order valence-electron chi connectivity index (χ1n) is 2.99. The smallest absolute Gasteiger partial charge is 1.00 e. The van der Waals surface area contributed by atoms with Crippen LogP contribution in [0.3, 0.4) is 0 Å². The van der Waals surface area contributed by atoms with Crippen molar-refractivity contribution in [1.29, 1.82) is 0 Å². The Morgan fingerprint density at radius 3 is 2.00 bits per heavy atom. The molecule has 0 aliphatic heterocycles. The van der Waals surface area contributed by atoms with E-state index in [9.17, 15) is 4.79 Å². The number of hydrogen-bond donors (Lipinski definition) is 1. The molecular weight excluding hydrogens is 173 g/mol. The average Bonchev–Trinajstić information content (AvgIpc) is 1.66. The molecule has 0 rings (SSSR count). The maximum absolute atomic E-state index is 9.87. The number of aliphatic carboxylic acids is 1. The molecule has 0 unspecified atom stereocenters. The summed E-state index contributed by atoms with van der Waals surface area (Å²) in [6.07, 6.45) is 3.28. The van der Waals surface area contributed by atoms with Gasteiger partial charge in [0.05, 0.1) is 0 Å². The quantitative estimate of drug-likeness (QED) is 0.351. The molecule has 0 aliphatic rings. The van der Waals surface area contributed by atoms with Gasteiger partial charge in [0.1, 0.15) is 0 Å². The normalized spacial score (nSPS) is 6.64. The molecule has 11 heavy (non-hydrogen) atoms. The van der Waals surface area contributed by atoms with E-state index in [1.807, 2.05) is 0 Å². The standard InChI is InChI=1S/C6H12O2.3Na.3H/c1-2-3-4-5-6(7)8;;;;;;/h2-5H2,1H3,(H,7,8);;;;;;/q;3*+1;3*-1. The number of carboxylic acid groups (broad SMARTS) is 1. The molecule has 0 heterocycles. The van der Waals surface area contributed by atoms with Crippen molar-refractivity contribution in [2.45, 2.75) is 32.6 Å². The van der Waals surface area contributed by atoms with Crippen LogP contribution in [0.5, 0.6) is 0 Å². The minimum absolute atomic E-state index is 0. The van der Waals surface area contributed by atoms with Crippen LogP contribution in [-0.4, -0.2) is 11.1 Å². The van der Waals surface area contributed by atoms with Gasteiger partial charge in [-0.3, -0.25) is 4.79 Å². The maximum Gasteiger partial charge on any atom is 1.00 e. The Morgan fingerprint density at radius 2 is 1.73 bits per heavy atom. The van der Waals surface area contributed by atoms with Crippen LogP contribution >= 0.6 is 0 Å². The van der Waals surface area contributed by atoms with Crippen LogP contribution in [0.1, 0.15) is 36.9 Å². The summed E-state index contributed by atoms with van der Waals surface area (Å²) in [6.45, 7) is 2.06. The van der Waals surface area contributed by atoms with E-state index in [0.29, 0.717) is 6.42 Å². The topological polar surface area (TPSA) is 37.3 Å². The third-order valence-electron chi connectivity index (χ3n) is 0.994. The van der Waals surface area contributed by atoms with Gasteiger partial charge < -0.3 is 9.39 Å². The summed E-state index contributed by atoms with van der Waals surface area (Å²) in [6, 6.07) is 0. The molecule has 54 valence electrons. The minimum Gasteiger partial charge on any atom is -1.00 e. The Bertz CT molecular complexity index is 88.7. The largest absolute Gasteiger partial charge is 1.00 e. The number of unbranched alkanes of at least 4 members (excludes halogenated alkanes) is 2. The van der Waals surface area contributed by atoms with Crippen LogP contribution in [0.25, 0.3) is 0 Å². The molecule has 0 aromatic heterocycles. The van der Waals surface area contributed by atoms with Crippen molar-refractivity contribution in [1.82, 2.24) is 0 Å². The fourth-order valence-corrected chi connectivity index (χ4v) is 0.526. The average molecular weight is 188 g/mol. The Kier molecular flexibility index (Phi) is 38.8. The van der Waals surface area contributed by atoms with Gasteiger partial charge in [-0.25, -0.2) is 0 Å². The van der Waals surface area contributed by atoms with Crippen LogP contribution in [0.2, 0.25) is 0 Å². The predicted octanol–water partition coefficient (Wildman–Crippen LogP) is -7.00. The second-order valence-corrected chi connectivity index (χ2v) is 1.85. The molecule has 0 spiro atoms. The van der Waals surface area contributed by atoms with Crippen molar-refractivity contribution in [3.63, 3.8) is 0 Å². The zero-order chi connectivity index (χ0) is 6.41. The van der Waals surface area contributed by atoms with Gasteiger partial charge >= 0.3 is 94.6 Å². The van der Waals surface area contributed by atoms with Crippen molar-refractivity contribution in [3.8, 4) is 0 Å². The van der Waals surface area contributed by atoms with Gasteiger partial charge in [-0.1, -0.05) is 19.8 Å². The summed E-state index contributed by atoms with van der Waals surface area (Å²) in [5.41, 5.74) is 0. The van der Waals surface area contributed by atoms with E-state index in [1.54, 1.807) is 0 Å². The Balaban J connectivity index is -0.0000000163. The van der Waals surface area contributed by atoms with E-state index in [2.05, 4.69) is 6.92 Å². The number of carbonyl (C=O) groups is 1. The number of rotatable bonds is 4. The molecule has 0 atom stereocenters. The first-order valence-corrected chi connectivity index (χ1v) is 2.99. The summed E-state index contributed by atoms with van der Waals surface area (Å²) in [5, 5.41) is 8.14. The van der Waals surface area contributed by atoms with Crippen molar-refractivity contribution in [2.24, 2.45) is 0 Å². The third-order valence-corrected chi connectivity index (χ3v) is 0.994. The Labute approximate surface area is 139 Å². The van der Waals surface area contributed by atoms with Crippen molar-refractivity contribution in [2.75, 3.05) is 0 Å². The Morgan fingerprint density at radius 1 is 1.27 bits per heavy atom. The summed E-state index contributed by atoms with van der Waals surface area (Å²) >= 11 is 0. The van der Waals surface area contributed by atoms with Gasteiger partial charge in [0.2, 0.25) is 0 Å². The molecule has 0 aliphatic carbocycles. The van der Waals surface area contributed by atoms with Crippen LogP contribution in [0.15, 0.2) is 0 Å². The molecule has 0 aromatic rings. The van der Waals surface area contributed by atoms with Gasteiger partial charge in [0, 0.05) is 6.42 Å². The fourth-order valence-electron chi connectivity index (χ4n) is 0.526.